The third-order valence-corrected chi connectivity index (χ3v) is 2.69. The molecule has 1 rings (SSSR count). The number of carbonyl (C=O) groups is 1. The zero-order valence-corrected chi connectivity index (χ0v) is 11.2. The molecule has 0 radical (unpaired) electrons. The summed E-state index contributed by atoms with van der Waals surface area (Å²) in [5.74, 6) is 0.0635. The number of carbonyl (C=O) groups excluding carboxylic acids is 1. The molecule has 0 bridgehead atoms. The largest absolute Gasteiger partial charge is 0.416 e. The number of amides is 1. The minimum Gasteiger partial charge on any atom is -0.350 e. The number of benzene rings is 1. The van der Waals surface area contributed by atoms with Gasteiger partial charge in [0.05, 0.1) is 11.6 Å². The highest BCUT2D eigenvalue weighted by molar-refractivity contribution is 5.76. The summed E-state index contributed by atoms with van der Waals surface area (Å²) >= 11 is 0. The molecule has 1 unspecified atom stereocenters. The van der Waals surface area contributed by atoms with Gasteiger partial charge in [-0.1, -0.05) is 26.0 Å². The highest BCUT2D eigenvalue weighted by Gasteiger charge is 2.30. The summed E-state index contributed by atoms with van der Waals surface area (Å²) in [6, 6.07) is 4.58. The van der Waals surface area contributed by atoms with E-state index >= 15 is 0 Å². The molecule has 1 amide bonds. The van der Waals surface area contributed by atoms with Gasteiger partial charge in [0.1, 0.15) is 0 Å². The maximum atomic E-state index is 12.6. The third-order valence-electron chi connectivity index (χ3n) is 2.69. The monoisotopic (exact) mass is 273 g/mol. The molecule has 1 N–H and O–H groups in total. The first-order chi connectivity index (χ1) is 8.70. The normalized spacial score (nSPS) is 13.4. The number of hydrogen-bond acceptors (Lipinski definition) is 1. The molecule has 1 atom stereocenters. The van der Waals surface area contributed by atoms with Gasteiger partial charge in [-0.3, -0.25) is 4.79 Å². The molecule has 0 spiro atoms. The number of halogens is 3. The summed E-state index contributed by atoms with van der Waals surface area (Å²) < 4.78 is 37.7. The van der Waals surface area contributed by atoms with Gasteiger partial charge in [0.15, 0.2) is 0 Å². The van der Waals surface area contributed by atoms with Crippen LogP contribution in [0, 0.1) is 5.92 Å². The number of alkyl halides is 3. The van der Waals surface area contributed by atoms with Gasteiger partial charge in [0.25, 0.3) is 0 Å². The van der Waals surface area contributed by atoms with Crippen LogP contribution in [-0.2, 0) is 11.0 Å². The van der Waals surface area contributed by atoms with Crippen molar-refractivity contribution in [3.05, 3.63) is 35.4 Å². The minimum absolute atomic E-state index is 0.153. The molecule has 19 heavy (non-hydrogen) atoms. The molecule has 0 aliphatic heterocycles. The van der Waals surface area contributed by atoms with Crippen LogP contribution in [0.2, 0.25) is 0 Å². The van der Waals surface area contributed by atoms with Crippen LogP contribution >= 0.6 is 0 Å². The first-order valence-electron chi connectivity index (χ1n) is 6.16. The van der Waals surface area contributed by atoms with Crippen LogP contribution in [0.25, 0.3) is 0 Å². The van der Waals surface area contributed by atoms with E-state index in [1.54, 1.807) is 13.0 Å². The van der Waals surface area contributed by atoms with E-state index < -0.39 is 17.8 Å². The van der Waals surface area contributed by atoms with Gasteiger partial charge in [-0.15, -0.1) is 0 Å². The molecule has 0 saturated heterocycles. The molecule has 0 saturated carbocycles. The Labute approximate surface area is 111 Å². The molecule has 1 aromatic carbocycles. The molecular formula is C14H18F3NO. The second-order valence-corrected chi connectivity index (χ2v) is 5.01. The first-order valence-corrected chi connectivity index (χ1v) is 6.16. The van der Waals surface area contributed by atoms with Crippen molar-refractivity contribution in [3.63, 3.8) is 0 Å². The zero-order chi connectivity index (χ0) is 14.6. The maximum Gasteiger partial charge on any atom is 0.416 e. The van der Waals surface area contributed by atoms with Crippen LogP contribution in [0.3, 0.4) is 0 Å². The van der Waals surface area contributed by atoms with Gasteiger partial charge < -0.3 is 5.32 Å². The second kappa shape index (κ2) is 6.08. The van der Waals surface area contributed by atoms with Crippen molar-refractivity contribution >= 4 is 5.91 Å². The van der Waals surface area contributed by atoms with Crippen molar-refractivity contribution in [2.75, 3.05) is 0 Å². The second-order valence-electron chi connectivity index (χ2n) is 5.01. The lowest BCUT2D eigenvalue weighted by atomic mass is 10.0. The fourth-order valence-corrected chi connectivity index (χ4v) is 1.74. The van der Waals surface area contributed by atoms with Gasteiger partial charge in [-0.05, 0) is 30.5 Å². The van der Waals surface area contributed by atoms with Crippen molar-refractivity contribution < 1.29 is 18.0 Å². The Morgan fingerprint density at radius 3 is 2.42 bits per heavy atom. The Morgan fingerprint density at radius 1 is 1.26 bits per heavy atom. The summed E-state index contributed by atoms with van der Waals surface area (Å²) in [6.07, 6.45) is -4.00. The zero-order valence-electron chi connectivity index (χ0n) is 11.2. The fraction of sp³-hybridized carbons (Fsp3) is 0.500. The molecular weight excluding hydrogens is 255 g/mol. The van der Waals surface area contributed by atoms with E-state index in [4.69, 9.17) is 0 Å². The van der Waals surface area contributed by atoms with E-state index in [-0.39, 0.29) is 11.8 Å². The Balaban J connectivity index is 2.77. The Kier molecular flexibility index (Phi) is 4.97. The Morgan fingerprint density at radius 2 is 1.89 bits per heavy atom. The van der Waals surface area contributed by atoms with E-state index in [1.165, 1.54) is 6.07 Å². The smallest absolute Gasteiger partial charge is 0.350 e. The standard InChI is InChI=1S/C14H18F3NO/c1-9(2)7-13(19)18-10(3)11-5-4-6-12(8-11)14(15,16)17/h4-6,8-10H,7H2,1-3H3,(H,18,19). The molecule has 106 valence electrons. The van der Waals surface area contributed by atoms with Crippen LogP contribution in [0.15, 0.2) is 24.3 Å². The maximum absolute atomic E-state index is 12.6. The summed E-state index contributed by atoms with van der Waals surface area (Å²) in [5, 5.41) is 2.70. The highest BCUT2D eigenvalue weighted by atomic mass is 19.4. The molecule has 0 aliphatic carbocycles. The topological polar surface area (TPSA) is 29.1 Å². The lowest BCUT2D eigenvalue weighted by Crippen LogP contribution is -2.27. The van der Waals surface area contributed by atoms with Crippen molar-refractivity contribution in [1.29, 1.82) is 0 Å². The molecule has 2 nitrogen and oxygen atoms in total. The van der Waals surface area contributed by atoms with Crippen molar-refractivity contribution in [2.24, 2.45) is 5.92 Å². The molecule has 1 aromatic rings. The summed E-state index contributed by atoms with van der Waals surface area (Å²) in [5.41, 5.74) is -0.248. The average molecular weight is 273 g/mol. The van der Waals surface area contributed by atoms with Crippen LogP contribution in [0.5, 0.6) is 0 Å². The molecule has 5 heteroatoms. The summed E-state index contributed by atoms with van der Waals surface area (Å²) in [6.45, 7) is 5.50. The number of hydrogen-bond donors (Lipinski definition) is 1. The predicted molar refractivity (Wildman–Crippen MR) is 67.5 cm³/mol. The SMILES string of the molecule is CC(C)CC(=O)NC(C)c1cccc(C(F)(F)F)c1. The van der Waals surface area contributed by atoms with Gasteiger partial charge >= 0.3 is 6.18 Å². The van der Waals surface area contributed by atoms with Crippen LogP contribution < -0.4 is 5.32 Å². The number of nitrogens with one attached hydrogen (secondary N) is 1. The van der Waals surface area contributed by atoms with Crippen molar-refractivity contribution in [3.8, 4) is 0 Å². The van der Waals surface area contributed by atoms with Gasteiger partial charge in [0, 0.05) is 6.42 Å². The van der Waals surface area contributed by atoms with Crippen molar-refractivity contribution in [2.45, 2.75) is 39.4 Å². The van der Waals surface area contributed by atoms with E-state index in [0.29, 0.717) is 12.0 Å². The lowest BCUT2D eigenvalue weighted by molar-refractivity contribution is -0.137. The molecule has 0 fully saturated rings. The lowest BCUT2D eigenvalue weighted by Gasteiger charge is -2.17. The average Bonchev–Trinajstić information content (AvgIpc) is 2.26. The van der Waals surface area contributed by atoms with E-state index in [9.17, 15) is 18.0 Å². The van der Waals surface area contributed by atoms with Crippen LogP contribution in [0.1, 0.15) is 44.4 Å². The highest BCUT2D eigenvalue weighted by Crippen LogP contribution is 2.30. The Bertz CT molecular complexity index is 441. The van der Waals surface area contributed by atoms with Crippen LogP contribution in [-0.4, -0.2) is 5.91 Å². The number of rotatable bonds is 4. The quantitative estimate of drug-likeness (QED) is 0.884. The van der Waals surface area contributed by atoms with Gasteiger partial charge in [0.2, 0.25) is 5.91 Å². The Hall–Kier alpha value is -1.52. The predicted octanol–water partition coefficient (Wildman–Crippen LogP) is 3.93. The van der Waals surface area contributed by atoms with Gasteiger partial charge in [-0.2, -0.15) is 13.2 Å². The third kappa shape index (κ3) is 4.93. The summed E-state index contributed by atoms with van der Waals surface area (Å²) in [4.78, 5) is 11.6. The van der Waals surface area contributed by atoms with Crippen LogP contribution in [0.4, 0.5) is 13.2 Å². The van der Waals surface area contributed by atoms with Crippen molar-refractivity contribution in [1.82, 2.24) is 5.32 Å². The van der Waals surface area contributed by atoms with E-state index in [1.807, 2.05) is 13.8 Å². The van der Waals surface area contributed by atoms with Gasteiger partial charge in [-0.25, -0.2) is 0 Å². The van der Waals surface area contributed by atoms with E-state index in [2.05, 4.69) is 5.32 Å². The molecule has 0 heterocycles. The molecule has 0 aromatic heterocycles. The first kappa shape index (κ1) is 15.5. The minimum atomic E-state index is -4.36. The van der Waals surface area contributed by atoms with E-state index in [0.717, 1.165) is 12.1 Å². The molecule has 0 aliphatic rings. The summed E-state index contributed by atoms with van der Waals surface area (Å²) in [7, 11) is 0. The fourth-order valence-electron chi connectivity index (χ4n) is 1.74.